The fourth-order valence-corrected chi connectivity index (χ4v) is 3.17. The fourth-order valence-electron chi connectivity index (χ4n) is 2.30. The normalized spacial score (nSPS) is 10.6. The van der Waals surface area contributed by atoms with Crippen molar-refractivity contribution >= 4 is 39.2 Å². The highest BCUT2D eigenvalue weighted by Gasteiger charge is 2.12. The number of hydrogen-bond donors (Lipinski definition) is 2. The lowest BCUT2D eigenvalue weighted by Gasteiger charge is -2.12. The maximum absolute atomic E-state index is 12.3. The topological polar surface area (TPSA) is 74.6 Å². The van der Waals surface area contributed by atoms with Gasteiger partial charge in [-0.05, 0) is 30.2 Å². The van der Waals surface area contributed by atoms with E-state index in [1.54, 1.807) is 26.4 Å². The Balaban J connectivity index is 1.54. The van der Waals surface area contributed by atoms with Crippen molar-refractivity contribution in [2.24, 2.45) is 0 Å². The smallest absolute Gasteiger partial charge is 0.316 e. The van der Waals surface area contributed by atoms with Crippen molar-refractivity contribution in [1.82, 2.24) is 10.2 Å². The van der Waals surface area contributed by atoms with Crippen molar-refractivity contribution in [2.75, 3.05) is 26.0 Å². The maximum atomic E-state index is 12.3. The molecule has 0 saturated carbocycles. The summed E-state index contributed by atoms with van der Waals surface area (Å²) in [6.45, 7) is 0.566. The number of nitrogens with zero attached hydrogens (tertiary/aromatic N) is 1. The Kier molecular flexibility index (Phi) is 5.04. The Bertz CT molecular complexity index is 852. The van der Waals surface area contributed by atoms with E-state index in [-0.39, 0.29) is 11.9 Å². The van der Waals surface area contributed by atoms with Crippen LogP contribution < -0.4 is 10.6 Å². The standard InChI is InChI=1S/C18H19N3O3S/c1-21(2)18(23)19-9-7-12-3-5-13(6-4-12)20-17(22)16-11-14-15(25-16)8-10-24-14/h3-6,8,10-11H,7,9H2,1-2H3,(H,19,23)(H,20,22). The van der Waals surface area contributed by atoms with Crippen LogP contribution >= 0.6 is 11.3 Å². The van der Waals surface area contributed by atoms with E-state index >= 15 is 0 Å². The molecule has 3 aromatic rings. The number of amides is 3. The van der Waals surface area contributed by atoms with E-state index in [0.29, 0.717) is 11.4 Å². The zero-order valence-corrected chi connectivity index (χ0v) is 14.9. The molecule has 0 aliphatic carbocycles. The van der Waals surface area contributed by atoms with Crippen molar-refractivity contribution in [3.8, 4) is 0 Å². The lowest BCUT2D eigenvalue weighted by atomic mass is 10.1. The van der Waals surface area contributed by atoms with Gasteiger partial charge in [0.2, 0.25) is 0 Å². The molecule has 0 fully saturated rings. The molecule has 1 aromatic carbocycles. The van der Waals surface area contributed by atoms with Gasteiger partial charge in [0.1, 0.15) is 5.58 Å². The quantitative estimate of drug-likeness (QED) is 0.733. The van der Waals surface area contributed by atoms with E-state index in [1.807, 2.05) is 30.3 Å². The van der Waals surface area contributed by atoms with Gasteiger partial charge in [-0.15, -0.1) is 11.3 Å². The van der Waals surface area contributed by atoms with E-state index in [2.05, 4.69) is 10.6 Å². The third-order valence-corrected chi connectivity index (χ3v) is 4.75. The number of carbonyl (C=O) groups is 2. The number of benzene rings is 1. The largest absolute Gasteiger partial charge is 0.463 e. The highest BCUT2D eigenvalue weighted by atomic mass is 32.1. The molecule has 0 unspecified atom stereocenters. The molecule has 2 heterocycles. The van der Waals surface area contributed by atoms with Crippen LogP contribution in [-0.2, 0) is 6.42 Å². The highest BCUT2D eigenvalue weighted by molar-refractivity contribution is 7.20. The number of urea groups is 1. The molecule has 0 saturated heterocycles. The van der Waals surface area contributed by atoms with Crippen LogP contribution in [0, 0.1) is 0 Å². The Hall–Kier alpha value is -2.80. The van der Waals surface area contributed by atoms with E-state index < -0.39 is 0 Å². The van der Waals surface area contributed by atoms with Crippen molar-refractivity contribution in [3.05, 3.63) is 53.1 Å². The number of furan rings is 1. The fraction of sp³-hybridized carbons (Fsp3) is 0.222. The zero-order chi connectivity index (χ0) is 17.8. The molecule has 0 radical (unpaired) electrons. The van der Waals surface area contributed by atoms with Gasteiger partial charge in [-0.3, -0.25) is 4.79 Å². The van der Waals surface area contributed by atoms with E-state index in [9.17, 15) is 9.59 Å². The van der Waals surface area contributed by atoms with Crippen LogP contribution in [0.2, 0.25) is 0 Å². The van der Waals surface area contributed by atoms with E-state index in [0.717, 1.165) is 28.0 Å². The number of carbonyl (C=O) groups excluding carboxylic acids is 2. The monoisotopic (exact) mass is 357 g/mol. The summed E-state index contributed by atoms with van der Waals surface area (Å²) in [6, 6.07) is 11.1. The van der Waals surface area contributed by atoms with Gasteiger partial charge in [0.25, 0.3) is 5.91 Å². The average Bonchev–Trinajstić information content (AvgIpc) is 3.18. The Labute approximate surface area is 149 Å². The molecule has 3 rings (SSSR count). The maximum Gasteiger partial charge on any atom is 0.316 e. The molecule has 3 amide bonds. The second-order valence-corrected chi connectivity index (χ2v) is 6.87. The molecule has 2 N–H and O–H groups in total. The highest BCUT2D eigenvalue weighted by Crippen LogP contribution is 2.27. The third kappa shape index (κ3) is 4.19. The lowest BCUT2D eigenvalue weighted by molar-refractivity contribution is 0.103. The lowest BCUT2D eigenvalue weighted by Crippen LogP contribution is -2.35. The van der Waals surface area contributed by atoms with Crippen LogP contribution in [0.25, 0.3) is 10.3 Å². The first-order valence-electron chi connectivity index (χ1n) is 7.85. The van der Waals surface area contributed by atoms with Gasteiger partial charge in [-0.2, -0.15) is 0 Å². The van der Waals surface area contributed by atoms with Gasteiger partial charge < -0.3 is 20.0 Å². The Morgan fingerprint density at radius 2 is 1.92 bits per heavy atom. The van der Waals surface area contributed by atoms with Crippen LogP contribution in [-0.4, -0.2) is 37.5 Å². The summed E-state index contributed by atoms with van der Waals surface area (Å²) in [5, 5.41) is 5.70. The van der Waals surface area contributed by atoms with Crippen LogP contribution in [0.4, 0.5) is 10.5 Å². The number of hydrogen-bond acceptors (Lipinski definition) is 4. The molecule has 25 heavy (non-hydrogen) atoms. The van der Waals surface area contributed by atoms with Gasteiger partial charge in [-0.25, -0.2) is 4.79 Å². The number of anilines is 1. The van der Waals surface area contributed by atoms with Gasteiger partial charge >= 0.3 is 6.03 Å². The summed E-state index contributed by atoms with van der Waals surface area (Å²) >= 11 is 1.40. The van der Waals surface area contributed by atoms with Crippen molar-refractivity contribution in [2.45, 2.75) is 6.42 Å². The average molecular weight is 357 g/mol. The molecule has 0 aliphatic heterocycles. The third-order valence-electron chi connectivity index (χ3n) is 3.67. The molecule has 0 atom stereocenters. The molecule has 6 nitrogen and oxygen atoms in total. The summed E-state index contributed by atoms with van der Waals surface area (Å²) in [7, 11) is 3.41. The molecule has 130 valence electrons. The number of nitrogens with one attached hydrogen (secondary N) is 2. The minimum atomic E-state index is -0.151. The molecule has 0 aliphatic rings. The zero-order valence-electron chi connectivity index (χ0n) is 14.0. The Morgan fingerprint density at radius 3 is 2.60 bits per heavy atom. The summed E-state index contributed by atoms with van der Waals surface area (Å²) in [6.07, 6.45) is 2.34. The predicted octanol–water partition coefficient (Wildman–Crippen LogP) is 3.56. The van der Waals surface area contributed by atoms with E-state index in [4.69, 9.17) is 4.42 Å². The van der Waals surface area contributed by atoms with Crippen LogP contribution in [0.15, 0.2) is 47.1 Å². The van der Waals surface area contributed by atoms with Gasteiger partial charge in [0.15, 0.2) is 0 Å². The van der Waals surface area contributed by atoms with Gasteiger partial charge in [0, 0.05) is 32.4 Å². The first kappa shape index (κ1) is 17.0. The summed E-state index contributed by atoms with van der Waals surface area (Å²) in [4.78, 5) is 25.8. The van der Waals surface area contributed by atoms with Crippen LogP contribution in [0.3, 0.4) is 0 Å². The van der Waals surface area contributed by atoms with Crippen molar-refractivity contribution in [3.63, 3.8) is 0 Å². The second kappa shape index (κ2) is 7.40. The van der Waals surface area contributed by atoms with Crippen LogP contribution in [0.5, 0.6) is 0 Å². The predicted molar refractivity (Wildman–Crippen MR) is 99.3 cm³/mol. The number of thiophene rings is 1. The minimum Gasteiger partial charge on any atom is -0.463 e. The molecule has 0 spiro atoms. The number of fused-ring (bicyclic) bond motifs is 1. The second-order valence-electron chi connectivity index (χ2n) is 5.79. The molecule has 7 heteroatoms. The number of rotatable bonds is 5. The summed E-state index contributed by atoms with van der Waals surface area (Å²) < 4.78 is 6.24. The summed E-state index contributed by atoms with van der Waals surface area (Å²) in [5.41, 5.74) is 2.55. The SMILES string of the molecule is CN(C)C(=O)NCCc1ccc(NC(=O)c2cc3occc3s2)cc1. The molecular formula is C18H19N3O3S. The first-order valence-corrected chi connectivity index (χ1v) is 8.67. The summed E-state index contributed by atoms with van der Waals surface area (Å²) in [5.74, 6) is -0.151. The Morgan fingerprint density at radius 1 is 1.16 bits per heavy atom. The first-order chi connectivity index (χ1) is 12.0. The molecule has 0 bridgehead atoms. The minimum absolute atomic E-state index is 0.106. The molecule has 2 aromatic heterocycles. The van der Waals surface area contributed by atoms with Gasteiger partial charge in [0.05, 0.1) is 15.8 Å². The van der Waals surface area contributed by atoms with Crippen molar-refractivity contribution in [1.29, 1.82) is 0 Å². The molecular weight excluding hydrogens is 338 g/mol. The van der Waals surface area contributed by atoms with Gasteiger partial charge in [-0.1, -0.05) is 12.1 Å². The van der Waals surface area contributed by atoms with Crippen molar-refractivity contribution < 1.29 is 14.0 Å². The van der Waals surface area contributed by atoms with E-state index in [1.165, 1.54) is 16.2 Å². The van der Waals surface area contributed by atoms with Crippen LogP contribution in [0.1, 0.15) is 15.2 Å².